The topological polar surface area (TPSA) is 46.2 Å². The molecule has 3 aromatic rings. The van der Waals surface area contributed by atoms with Gasteiger partial charge in [0, 0.05) is 16.1 Å². The first-order valence-corrected chi connectivity index (χ1v) is 9.61. The van der Waals surface area contributed by atoms with Gasteiger partial charge in [-0.3, -0.25) is 9.59 Å². The Morgan fingerprint density at radius 3 is 2.26 bits per heavy atom. The highest BCUT2D eigenvalue weighted by atomic mass is 32.2. The lowest BCUT2D eigenvalue weighted by Crippen LogP contribution is -2.19. The summed E-state index contributed by atoms with van der Waals surface area (Å²) in [6.45, 7) is 3.55. The molecule has 4 heteroatoms. The second-order valence-electron chi connectivity index (χ2n) is 6.35. The first kappa shape index (κ1) is 18.9. The highest BCUT2D eigenvalue weighted by Gasteiger charge is 2.22. The van der Waals surface area contributed by atoms with E-state index in [2.05, 4.69) is 5.32 Å². The van der Waals surface area contributed by atoms with Crippen molar-refractivity contribution in [2.75, 3.05) is 5.32 Å². The molecule has 3 aromatic carbocycles. The first-order chi connectivity index (χ1) is 13.0. The van der Waals surface area contributed by atoms with Gasteiger partial charge in [0.1, 0.15) is 5.25 Å². The molecule has 136 valence electrons. The van der Waals surface area contributed by atoms with Crippen molar-refractivity contribution < 1.29 is 9.59 Å². The second kappa shape index (κ2) is 8.69. The van der Waals surface area contributed by atoms with Crippen molar-refractivity contribution in [1.82, 2.24) is 0 Å². The Balaban J connectivity index is 1.85. The third kappa shape index (κ3) is 5.08. The normalized spacial score (nSPS) is 11.6. The average molecular weight is 375 g/mol. The van der Waals surface area contributed by atoms with Crippen LogP contribution in [0.15, 0.2) is 83.8 Å². The predicted molar refractivity (Wildman–Crippen MR) is 111 cm³/mol. The first-order valence-electron chi connectivity index (χ1n) is 8.73. The van der Waals surface area contributed by atoms with Crippen LogP contribution in [0.3, 0.4) is 0 Å². The van der Waals surface area contributed by atoms with Gasteiger partial charge in [-0.15, -0.1) is 11.8 Å². The molecule has 3 rings (SSSR count). The minimum atomic E-state index is -0.394. The van der Waals surface area contributed by atoms with Crippen LogP contribution in [0.25, 0.3) is 0 Å². The number of carbonyl (C=O) groups excluding carboxylic acids is 2. The summed E-state index contributed by atoms with van der Waals surface area (Å²) in [6.07, 6.45) is 0. The van der Waals surface area contributed by atoms with Crippen LogP contribution in [0.2, 0.25) is 0 Å². The summed E-state index contributed by atoms with van der Waals surface area (Å²) in [5.74, 6) is -0.146. The van der Waals surface area contributed by atoms with E-state index in [4.69, 9.17) is 0 Å². The summed E-state index contributed by atoms with van der Waals surface area (Å²) in [5.41, 5.74) is 3.32. The molecule has 0 saturated carbocycles. The van der Waals surface area contributed by atoms with Crippen molar-refractivity contribution >= 4 is 29.1 Å². The van der Waals surface area contributed by atoms with Crippen molar-refractivity contribution in [3.63, 3.8) is 0 Å². The quantitative estimate of drug-likeness (QED) is 0.446. The third-order valence-electron chi connectivity index (χ3n) is 4.15. The predicted octanol–water partition coefficient (Wildman–Crippen LogP) is 5.67. The summed E-state index contributed by atoms with van der Waals surface area (Å²) in [7, 11) is 0. The SMILES string of the molecule is CC(=O)c1cccc(NC(=O)C(Sc2ccc(C)cc2)c2ccccc2)c1. The van der Waals surface area contributed by atoms with E-state index in [-0.39, 0.29) is 11.7 Å². The Kier molecular flexibility index (Phi) is 6.09. The van der Waals surface area contributed by atoms with Crippen LogP contribution in [-0.2, 0) is 4.79 Å². The van der Waals surface area contributed by atoms with Gasteiger partial charge in [-0.05, 0) is 43.7 Å². The minimum absolute atomic E-state index is 0.0280. The Morgan fingerprint density at radius 1 is 0.889 bits per heavy atom. The van der Waals surface area contributed by atoms with E-state index in [0.29, 0.717) is 11.3 Å². The number of Topliss-reactive ketones (excluding diaryl/α,β-unsaturated/α-hetero) is 1. The number of aryl methyl sites for hydroxylation is 1. The molecule has 0 heterocycles. The molecule has 1 unspecified atom stereocenters. The van der Waals surface area contributed by atoms with Gasteiger partial charge < -0.3 is 5.32 Å². The second-order valence-corrected chi connectivity index (χ2v) is 7.53. The van der Waals surface area contributed by atoms with E-state index in [9.17, 15) is 9.59 Å². The number of amides is 1. The molecule has 1 amide bonds. The summed E-state index contributed by atoms with van der Waals surface area (Å²) in [4.78, 5) is 25.7. The lowest BCUT2D eigenvalue weighted by Gasteiger charge is -2.17. The smallest absolute Gasteiger partial charge is 0.242 e. The van der Waals surface area contributed by atoms with E-state index < -0.39 is 5.25 Å². The van der Waals surface area contributed by atoms with E-state index in [0.717, 1.165) is 10.5 Å². The zero-order valence-corrected chi connectivity index (χ0v) is 16.1. The van der Waals surface area contributed by atoms with E-state index in [1.807, 2.05) is 61.5 Å². The number of nitrogens with one attached hydrogen (secondary N) is 1. The lowest BCUT2D eigenvalue weighted by atomic mass is 10.1. The largest absolute Gasteiger partial charge is 0.325 e. The van der Waals surface area contributed by atoms with Crippen molar-refractivity contribution in [2.45, 2.75) is 24.0 Å². The van der Waals surface area contributed by atoms with Gasteiger partial charge in [-0.25, -0.2) is 0 Å². The summed E-state index contributed by atoms with van der Waals surface area (Å²) < 4.78 is 0. The number of ketones is 1. The van der Waals surface area contributed by atoms with E-state index in [1.54, 1.807) is 24.3 Å². The zero-order chi connectivity index (χ0) is 19.2. The van der Waals surface area contributed by atoms with Crippen molar-refractivity contribution in [1.29, 1.82) is 0 Å². The van der Waals surface area contributed by atoms with E-state index in [1.165, 1.54) is 24.2 Å². The van der Waals surface area contributed by atoms with Crippen LogP contribution in [-0.4, -0.2) is 11.7 Å². The summed E-state index contributed by atoms with van der Waals surface area (Å²) in [5, 5.41) is 2.56. The van der Waals surface area contributed by atoms with Crippen LogP contribution < -0.4 is 5.32 Å². The van der Waals surface area contributed by atoms with Gasteiger partial charge in [0.2, 0.25) is 5.91 Å². The maximum atomic E-state index is 13.0. The average Bonchev–Trinajstić information content (AvgIpc) is 2.68. The van der Waals surface area contributed by atoms with Gasteiger partial charge in [0.25, 0.3) is 0 Å². The summed E-state index contributed by atoms with van der Waals surface area (Å²) in [6, 6.07) is 24.9. The molecule has 27 heavy (non-hydrogen) atoms. The van der Waals surface area contributed by atoms with Gasteiger partial charge in [-0.1, -0.05) is 60.2 Å². The molecule has 0 spiro atoms. The number of anilines is 1. The molecule has 0 aliphatic rings. The molecule has 1 N–H and O–H groups in total. The number of hydrogen-bond donors (Lipinski definition) is 1. The van der Waals surface area contributed by atoms with Crippen LogP contribution in [0.4, 0.5) is 5.69 Å². The number of thioether (sulfide) groups is 1. The van der Waals surface area contributed by atoms with Crippen LogP contribution in [0.1, 0.15) is 33.7 Å². The lowest BCUT2D eigenvalue weighted by molar-refractivity contribution is -0.115. The minimum Gasteiger partial charge on any atom is -0.325 e. The summed E-state index contributed by atoms with van der Waals surface area (Å²) >= 11 is 1.51. The van der Waals surface area contributed by atoms with Crippen molar-refractivity contribution in [3.05, 3.63) is 95.6 Å². The fourth-order valence-electron chi connectivity index (χ4n) is 2.68. The standard InChI is InChI=1S/C23H21NO2S/c1-16-11-13-21(14-12-16)27-22(18-7-4-3-5-8-18)23(26)24-20-10-6-9-19(15-20)17(2)25/h3-15,22H,1-2H3,(H,24,26). The maximum Gasteiger partial charge on any atom is 0.242 e. The van der Waals surface area contributed by atoms with Gasteiger partial charge in [0.15, 0.2) is 5.78 Å². The molecule has 0 saturated heterocycles. The number of carbonyl (C=O) groups is 2. The van der Waals surface area contributed by atoms with Crippen molar-refractivity contribution in [3.8, 4) is 0 Å². The monoisotopic (exact) mass is 375 g/mol. The fraction of sp³-hybridized carbons (Fsp3) is 0.130. The molecule has 0 aliphatic heterocycles. The van der Waals surface area contributed by atoms with Crippen LogP contribution in [0.5, 0.6) is 0 Å². The number of benzene rings is 3. The number of rotatable bonds is 6. The Hall–Kier alpha value is -2.85. The highest BCUT2D eigenvalue weighted by molar-refractivity contribution is 8.00. The number of hydrogen-bond acceptors (Lipinski definition) is 3. The molecule has 0 aromatic heterocycles. The van der Waals surface area contributed by atoms with E-state index >= 15 is 0 Å². The molecule has 0 aliphatic carbocycles. The molecular weight excluding hydrogens is 354 g/mol. The van der Waals surface area contributed by atoms with Crippen LogP contribution >= 0.6 is 11.8 Å². The van der Waals surface area contributed by atoms with Gasteiger partial charge in [-0.2, -0.15) is 0 Å². The maximum absolute atomic E-state index is 13.0. The molecule has 1 atom stereocenters. The van der Waals surface area contributed by atoms with Gasteiger partial charge >= 0.3 is 0 Å². The third-order valence-corrected chi connectivity index (χ3v) is 5.42. The molecule has 0 radical (unpaired) electrons. The molecule has 0 fully saturated rings. The fourth-order valence-corrected chi connectivity index (χ4v) is 3.70. The van der Waals surface area contributed by atoms with Crippen LogP contribution in [0, 0.1) is 6.92 Å². The molecular formula is C23H21NO2S. The highest BCUT2D eigenvalue weighted by Crippen LogP contribution is 2.36. The Morgan fingerprint density at radius 2 is 1.59 bits per heavy atom. The van der Waals surface area contributed by atoms with Gasteiger partial charge in [0.05, 0.1) is 0 Å². The van der Waals surface area contributed by atoms with Crippen molar-refractivity contribution in [2.24, 2.45) is 0 Å². The Labute approximate surface area is 163 Å². The molecule has 3 nitrogen and oxygen atoms in total. The zero-order valence-electron chi connectivity index (χ0n) is 15.3. The molecule has 0 bridgehead atoms. The Bertz CT molecular complexity index is 936.